The standard InChI is InChI=1S/C15H20N4O/c16-10-12-4-7-18(8-5-12)11-13-9-15(20)19-6-2-1-3-14(19)17-13/h1-3,6,9,12H,4-5,7-8,10-11,16H2. The average molecular weight is 272 g/mol. The highest BCUT2D eigenvalue weighted by Gasteiger charge is 2.18. The molecule has 5 nitrogen and oxygen atoms in total. The van der Waals surface area contributed by atoms with Gasteiger partial charge in [0.1, 0.15) is 5.65 Å². The van der Waals surface area contributed by atoms with Gasteiger partial charge in [-0.25, -0.2) is 4.98 Å². The Morgan fingerprint density at radius 2 is 2.10 bits per heavy atom. The zero-order chi connectivity index (χ0) is 13.9. The van der Waals surface area contributed by atoms with Crippen LogP contribution in [0.2, 0.25) is 0 Å². The third kappa shape index (κ3) is 2.73. The Morgan fingerprint density at radius 3 is 2.85 bits per heavy atom. The van der Waals surface area contributed by atoms with Crippen molar-refractivity contribution < 1.29 is 0 Å². The summed E-state index contributed by atoms with van der Waals surface area (Å²) in [5.74, 6) is 0.654. The summed E-state index contributed by atoms with van der Waals surface area (Å²) in [5, 5.41) is 0. The van der Waals surface area contributed by atoms with Crippen molar-refractivity contribution in [3.8, 4) is 0 Å². The van der Waals surface area contributed by atoms with Crippen LogP contribution in [0.1, 0.15) is 18.5 Å². The van der Waals surface area contributed by atoms with Crippen molar-refractivity contribution in [1.82, 2.24) is 14.3 Å². The number of nitrogens with two attached hydrogens (primary N) is 1. The Bertz CT molecular complexity index is 644. The van der Waals surface area contributed by atoms with Gasteiger partial charge in [0.25, 0.3) is 5.56 Å². The fourth-order valence-electron chi connectivity index (χ4n) is 2.79. The van der Waals surface area contributed by atoms with E-state index in [1.807, 2.05) is 18.2 Å². The third-order valence-electron chi connectivity index (χ3n) is 4.05. The van der Waals surface area contributed by atoms with Crippen molar-refractivity contribution in [2.45, 2.75) is 19.4 Å². The molecule has 0 aliphatic carbocycles. The topological polar surface area (TPSA) is 63.6 Å². The summed E-state index contributed by atoms with van der Waals surface area (Å²) in [6.07, 6.45) is 4.04. The minimum atomic E-state index is -0.0116. The van der Waals surface area contributed by atoms with E-state index in [0.29, 0.717) is 11.6 Å². The van der Waals surface area contributed by atoms with Crippen molar-refractivity contribution in [2.75, 3.05) is 19.6 Å². The Kier molecular flexibility index (Phi) is 3.80. The van der Waals surface area contributed by atoms with Crippen LogP contribution in [0.15, 0.2) is 35.3 Å². The Balaban J connectivity index is 1.77. The predicted molar refractivity (Wildman–Crippen MR) is 78.5 cm³/mol. The molecular weight excluding hydrogens is 252 g/mol. The fourth-order valence-corrected chi connectivity index (χ4v) is 2.79. The van der Waals surface area contributed by atoms with Gasteiger partial charge < -0.3 is 5.73 Å². The first kappa shape index (κ1) is 13.3. The molecule has 0 amide bonds. The van der Waals surface area contributed by atoms with Gasteiger partial charge in [-0.05, 0) is 50.5 Å². The van der Waals surface area contributed by atoms with E-state index in [-0.39, 0.29) is 5.56 Å². The average Bonchev–Trinajstić information content (AvgIpc) is 2.48. The van der Waals surface area contributed by atoms with Gasteiger partial charge in [0.2, 0.25) is 0 Å². The van der Waals surface area contributed by atoms with Crippen LogP contribution in [0.3, 0.4) is 0 Å². The van der Waals surface area contributed by atoms with Crippen molar-refractivity contribution >= 4 is 5.65 Å². The summed E-state index contributed by atoms with van der Waals surface area (Å²) in [5.41, 5.74) is 7.27. The maximum absolute atomic E-state index is 12.0. The lowest BCUT2D eigenvalue weighted by atomic mass is 9.97. The van der Waals surface area contributed by atoms with Gasteiger partial charge in [-0.3, -0.25) is 14.1 Å². The number of aromatic nitrogens is 2. The quantitative estimate of drug-likeness (QED) is 0.900. The van der Waals surface area contributed by atoms with E-state index >= 15 is 0 Å². The molecule has 106 valence electrons. The van der Waals surface area contributed by atoms with Crippen LogP contribution >= 0.6 is 0 Å². The van der Waals surface area contributed by atoms with Crippen LogP contribution in [0.5, 0.6) is 0 Å². The number of piperidine rings is 1. The van der Waals surface area contributed by atoms with Crippen LogP contribution in [0, 0.1) is 5.92 Å². The van der Waals surface area contributed by atoms with E-state index in [1.54, 1.807) is 16.7 Å². The lowest BCUT2D eigenvalue weighted by molar-refractivity contribution is 0.179. The molecule has 1 aliphatic rings. The molecule has 0 aromatic carbocycles. The molecule has 0 atom stereocenters. The smallest absolute Gasteiger partial charge is 0.258 e. The van der Waals surface area contributed by atoms with Crippen LogP contribution < -0.4 is 11.3 Å². The summed E-state index contributed by atoms with van der Waals surface area (Å²) in [6, 6.07) is 7.25. The highest BCUT2D eigenvalue weighted by Crippen LogP contribution is 2.17. The summed E-state index contributed by atoms with van der Waals surface area (Å²) in [6.45, 7) is 3.61. The van der Waals surface area contributed by atoms with E-state index in [0.717, 1.165) is 44.7 Å². The monoisotopic (exact) mass is 272 g/mol. The molecule has 0 spiro atoms. The molecular formula is C15H20N4O. The third-order valence-corrected chi connectivity index (χ3v) is 4.05. The Labute approximate surface area is 118 Å². The molecule has 2 aromatic heterocycles. The molecule has 2 N–H and O–H groups in total. The number of rotatable bonds is 3. The number of nitrogens with zero attached hydrogens (tertiary/aromatic N) is 3. The first-order chi connectivity index (χ1) is 9.76. The molecule has 2 aromatic rings. The lowest BCUT2D eigenvalue weighted by Crippen LogP contribution is -2.36. The Hall–Kier alpha value is -1.72. The molecule has 3 heterocycles. The molecule has 3 rings (SSSR count). The minimum Gasteiger partial charge on any atom is -0.330 e. The van der Waals surface area contributed by atoms with Crippen LogP contribution in [0.4, 0.5) is 0 Å². The second kappa shape index (κ2) is 5.73. The zero-order valence-electron chi connectivity index (χ0n) is 11.5. The molecule has 0 bridgehead atoms. The second-order valence-corrected chi connectivity index (χ2v) is 5.47. The van der Waals surface area contributed by atoms with Gasteiger partial charge in [-0.2, -0.15) is 0 Å². The first-order valence-corrected chi connectivity index (χ1v) is 7.16. The normalized spacial score (nSPS) is 17.6. The van der Waals surface area contributed by atoms with E-state index in [4.69, 9.17) is 5.73 Å². The molecule has 0 unspecified atom stereocenters. The van der Waals surface area contributed by atoms with Crippen molar-refractivity contribution in [3.63, 3.8) is 0 Å². The van der Waals surface area contributed by atoms with Gasteiger partial charge in [0.05, 0.1) is 5.69 Å². The van der Waals surface area contributed by atoms with Crippen LogP contribution in [-0.4, -0.2) is 33.9 Å². The number of hydrogen-bond acceptors (Lipinski definition) is 4. The van der Waals surface area contributed by atoms with Crippen molar-refractivity contribution in [2.24, 2.45) is 11.7 Å². The molecule has 1 aliphatic heterocycles. The maximum Gasteiger partial charge on any atom is 0.258 e. The highest BCUT2D eigenvalue weighted by atomic mass is 16.1. The zero-order valence-corrected chi connectivity index (χ0v) is 11.5. The second-order valence-electron chi connectivity index (χ2n) is 5.47. The SMILES string of the molecule is NCC1CCN(Cc2cc(=O)n3ccccc3n2)CC1. The van der Waals surface area contributed by atoms with E-state index in [9.17, 15) is 4.79 Å². The summed E-state index contributed by atoms with van der Waals surface area (Å²) >= 11 is 0. The van der Waals surface area contributed by atoms with Gasteiger partial charge in [-0.15, -0.1) is 0 Å². The number of likely N-dealkylation sites (tertiary alicyclic amines) is 1. The number of fused-ring (bicyclic) bond motifs is 1. The summed E-state index contributed by atoms with van der Waals surface area (Å²) < 4.78 is 1.57. The molecule has 20 heavy (non-hydrogen) atoms. The van der Waals surface area contributed by atoms with Gasteiger partial charge >= 0.3 is 0 Å². The fraction of sp³-hybridized carbons (Fsp3) is 0.467. The Morgan fingerprint density at radius 1 is 1.30 bits per heavy atom. The maximum atomic E-state index is 12.0. The summed E-state index contributed by atoms with van der Waals surface area (Å²) in [4.78, 5) is 18.9. The molecule has 5 heteroatoms. The van der Waals surface area contributed by atoms with E-state index in [2.05, 4.69) is 9.88 Å². The minimum absolute atomic E-state index is 0.0116. The lowest BCUT2D eigenvalue weighted by Gasteiger charge is -2.30. The summed E-state index contributed by atoms with van der Waals surface area (Å²) in [7, 11) is 0. The van der Waals surface area contributed by atoms with Gasteiger partial charge in [0.15, 0.2) is 0 Å². The highest BCUT2D eigenvalue weighted by molar-refractivity contribution is 5.37. The van der Waals surface area contributed by atoms with Gasteiger partial charge in [0, 0.05) is 18.8 Å². The number of pyridine rings is 1. The molecule has 0 radical (unpaired) electrons. The molecule has 1 fully saturated rings. The van der Waals surface area contributed by atoms with Crippen LogP contribution in [-0.2, 0) is 6.54 Å². The largest absolute Gasteiger partial charge is 0.330 e. The van der Waals surface area contributed by atoms with Crippen molar-refractivity contribution in [1.29, 1.82) is 0 Å². The first-order valence-electron chi connectivity index (χ1n) is 7.16. The number of hydrogen-bond donors (Lipinski definition) is 1. The molecule has 1 saturated heterocycles. The predicted octanol–water partition coefficient (Wildman–Crippen LogP) is 0.865. The molecule has 0 saturated carbocycles. The van der Waals surface area contributed by atoms with Crippen LogP contribution in [0.25, 0.3) is 5.65 Å². The van der Waals surface area contributed by atoms with E-state index in [1.165, 1.54) is 0 Å². The van der Waals surface area contributed by atoms with E-state index < -0.39 is 0 Å². The van der Waals surface area contributed by atoms with Gasteiger partial charge in [-0.1, -0.05) is 6.07 Å². The van der Waals surface area contributed by atoms with Crippen molar-refractivity contribution in [3.05, 3.63) is 46.5 Å².